The van der Waals surface area contributed by atoms with Gasteiger partial charge in [-0.2, -0.15) is 0 Å². The van der Waals surface area contributed by atoms with Gasteiger partial charge in [0.2, 0.25) is 0 Å². The molecule has 6 N–H and O–H groups in total. The first kappa shape index (κ1) is 32.1. The second kappa shape index (κ2) is 15.1. The number of rotatable bonds is 12. The molecule has 1 aliphatic heterocycles. The van der Waals surface area contributed by atoms with E-state index >= 15 is 0 Å². The number of aryl methyl sites for hydroxylation is 2. The average Bonchev–Trinajstić information content (AvgIpc) is 3.03. The molecular weight excluding hydrogens is 568 g/mol. The Kier molecular flexibility index (Phi) is 10.8. The van der Waals surface area contributed by atoms with E-state index in [-0.39, 0.29) is 29.1 Å². The van der Waals surface area contributed by atoms with Gasteiger partial charge in [0.05, 0.1) is 24.4 Å². The van der Waals surface area contributed by atoms with E-state index in [1.807, 2.05) is 36.4 Å². The minimum atomic E-state index is -0.785. The zero-order chi connectivity index (χ0) is 31.8. The molecule has 7 nitrogen and oxygen atoms in total. The van der Waals surface area contributed by atoms with E-state index in [9.17, 15) is 30.6 Å². The Morgan fingerprint density at radius 1 is 0.689 bits per heavy atom. The number of benzene rings is 4. The molecule has 0 radical (unpaired) electrons. The van der Waals surface area contributed by atoms with Crippen LogP contribution in [-0.2, 0) is 17.6 Å². The summed E-state index contributed by atoms with van der Waals surface area (Å²) in [6.45, 7) is 0. The van der Waals surface area contributed by atoms with Crippen LogP contribution in [0.15, 0.2) is 103 Å². The maximum absolute atomic E-state index is 11.8. The summed E-state index contributed by atoms with van der Waals surface area (Å²) < 4.78 is 6.73. The topological polar surface area (TPSA) is 131 Å². The van der Waals surface area contributed by atoms with Crippen molar-refractivity contribution in [1.29, 1.82) is 0 Å². The molecule has 0 aliphatic carbocycles. The summed E-state index contributed by atoms with van der Waals surface area (Å²) in [5.74, 6) is -0.215. The Balaban J connectivity index is 1.40. The molecule has 0 bridgehead atoms. The highest BCUT2D eigenvalue weighted by Gasteiger charge is 2.44. The van der Waals surface area contributed by atoms with E-state index in [1.54, 1.807) is 72.8 Å². The quantitative estimate of drug-likeness (QED) is 0.106. The number of aliphatic hydroxyl groups is 2. The van der Waals surface area contributed by atoms with Crippen molar-refractivity contribution < 1.29 is 35.4 Å². The zero-order valence-electron chi connectivity index (χ0n) is 25.2. The first-order valence-electron chi connectivity index (χ1n) is 15.6. The summed E-state index contributed by atoms with van der Waals surface area (Å²) >= 11 is 0. The number of hydrogen-bond acceptors (Lipinski definition) is 7. The van der Waals surface area contributed by atoms with Crippen molar-refractivity contribution in [2.24, 2.45) is 11.8 Å². The van der Waals surface area contributed by atoms with E-state index in [2.05, 4.69) is 0 Å². The van der Waals surface area contributed by atoms with Gasteiger partial charge in [0.1, 0.15) is 23.0 Å². The molecule has 0 aromatic heterocycles. The fourth-order valence-corrected chi connectivity index (χ4v) is 6.27. The fraction of sp³-hybridized carbons (Fsp3) is 0.316. The van der Waals surface area contributed by atoms with Crippen LogP contribution >= 0.6 is 0 Å². The van der Waals surface area contributed by atoms with Gasteiger partial charge in [-0.15, -0.1) is 0 Å². The predicted octanol–water partition coefficient (Wildman–Crippen LogP) is 6.66. The van der Waals surface area contributed by atoms with Crippen molar-refractivity contribution in [1.82, 2.24) is 0 Å². The molecular formula is C38H42O7. The Morgan fingerprint density at radius 3 is 1.78 bits per heavy atom. The molecule has 6 atom stereocenters. The third kappa shape index (κ3) is 8.88. The molecule has 1 fully saturated rings. The summed E-state index contributed by atoms with van der Waals surface area (Å²) in [7, 11) is 0. The van der Waals surface area contributed by atoms with Gasteiger partial charge in [-0.3, -0.25) is 0 Å². The molecule has 0 spiro atoms. The van der Waals surface area contributed by atoms with Crippen molar-refractivity contribution in [3.63, 3.8) is 0 Å². The molecule has 0 amide bonds. The van der Waals surface area contributed by atoms with Gasteiger partial charge in [-0.05, 0) is 109 Å². The van der Waals surface area contributed by atoms with Gasteiger partial charge in [0.25, 0.3) is 0 Å². The Hall–Kier alpha value is -4.30. The Labute approximate surface area is 264 Å². The maximum Gasteiger partial charge on any atom is 0.115 e. The Bertz CT molecular complexity index is 1500. The van der Waals surface area contributed by atoms with Crippen LogP contribution in [0, 0.1) is 11.8 Å². The van der Waals surface area contributed by atoms with Crippen molar-refractivity contribution >= 4 is 6.08 Å². The highest BCUT2D eigenvalue weighted by molar-refractivity contribution is 5.51. The minimum absolute atomic E-state index is 0.133. The molecule has 6 unspecified atom stereocenters. The lowest BCUT2D eigenvalue weighted by Gasteiger charge is -2.44. The van der Waals surface area contributed by atoms with Crippen molar-refractivity contribution in [2.75, 3.05) is 0 Å². The molecule has 0 saturated carbocycles. The molecule has 45 heavy (non-hydrogen) atoms. The van der Waals surface area contributed by atoms with E-state index < -0.39 is 30.1 Å². The van der Waals surface area contributed by atoms with Crippen LogP contribution in [0.3, 0.4) is 0 Å². The van der Waals surface area contributed by atoms with Gasteiger partial charge >= 0.3 is 0 Å². The largest absolute Gasteiger partial charge is 0.508 e. The molecule has 4 aromatic carbocycles. The first-order chi connectivity index (χ1) is 21.7. The van der Waals surface area contributed by atoms with Gasteiger partial charge in [0, 0.05) is 11.8 Å². The number of phenolic OH excluding ortho intramolecular Hbond substituents is 4. The lowest BCUT2D eigenvalue weighted by molar-refractivity contribution is -0.161. The molecule has 236 valence electrons. The molecule has 1 heterocycles. The van der Waals surface area contributed by atoms with Crippen LogP contribution in [0.25, 0.3) is 6.08 Å². The second-order valence-electron chi connectivity index (χ2n) is 12.0. The van der Waals surface area contributed by atoms with E-state index in [1.165, 1.54) is 0 Å². The fourth-order valence-electron chi connectivity index (χ4n) is 6.27. The van der Waals surface area contributed by atoms with Gasteiger partial charge in [-0.1, -0.05) is 60.7 Å². The van der Waals surface area contributed by atoms with Crippen LogP contribution in [0.5, 0.6) is 23.0 Å². The number of aromatic hydroxyl groups is 4. The molecule has 1 saturated heterocycles. The van der Waals surface area contributed by atoms with Crippen LogP contribution in [-0.4, -0.2) is 49.0 Å². The average molecular weight is 611 g/mol. The summed E-state index contributed by atoms with van der Waals surface area (Å²) in [4.78, 5) is 0. The summed E-state index contributed by atoms with van der Waals surface area (Å²) in [6, 6.07) is 27.8. The lowest BCUT2D eigenvalue weighted by atomic mass is 9.73. The van der Waals surface area contributed by atoms with Crippen molar-refractivity contribution in [3.8, 4) is 23.0 Å². The maximum atomic E-state index is 11.8. The smallest absolute Gasteiger partial charge is 0.115 e. The molecule has 5 rings (SSSR count). The van der Waals surface area contributed by atoms with Crippen molar-refractivity contribution in [2.45, 2.75) is 62.9 Å². The molecule has 7 heteroatoms. The summed E-state index contributed by atoms with van der Waals surface area (Å²) in [5, 5.41) is 62.5. The molecule has 1 aliphatic rings. The van der Waals surface area contributed by atoms with Crippen LogP contribution < -0.4 is 0 Å². The van der Waals surface area contributed by atoms with Crippen LogP contribution in [0.1, 0.15) is 54.0 Å². The van der Waals surface area contributed by atoms with E-state index in [4.69, 9.17) is 4.74 Å². The highest BCUT2D eigenvalue weighted by atomic mass is 16.5. The highest BCUT2D eigenvalue weighted by Crippen LogP contribution is 2.44. The van der Waals surface area contributed by atoms with Crippen LogP contribution in [0.4, 0.5) is 0 Å². The van der Waals surface area contributed by atoms with Gasteiger partial charge in [-0.25, -0.2) is 0 Å². The van der Waals surface area contributed by atoms with Crippen LogP contribution in [0.2, 0.25) is 0 Å². The van der Waals surface area contributed by atoms with E-state index in [0.29, 0.717) is 32.1 Å². The first-order valence-corrected chi connectivity index (χ1v) is 15.6. The summed E-state index contributed by atoms with van der Waals surface area (Å²) in [6.07, 6.45) is 5.23. The lowest BCUT2D eigenvalue weighted by Crippen LogP contribution is -2.46. The third-order valence-corrected chi connectivity index (χ3v) is 8.74. The predicted molar refractivity (Wildman–Crippen MR) is 174 cm³/mol. The summed E-state index contributed by atoms with van der Waals surface area (Å²) in [5.41, 5.74) is 3.79. The second-order valence-corrected chi connectivity index (χ2v) is 12.0. The molecule has 4 aromatic rings. The monoisotopic (exact) mass is 610 g/mol. The van der Waals surface area contributed by atoms with Crippen molar-refractivity contribution in [3.05, 3.63) is 125 Å². The SMILES string of the molecule is Oc1ccc(C=CC(C(O)CCCc2ccc(O)cc2)C2C(O)CC(CCc3ccc(O)cc3)OC2c2ccc(O)cc2)cc1. The van der Waals surface area contributed by atoms with Gasteiger partial charge in [0.15, 0.2) is 0 Å². The van der Waals surface area contributed by atoms with E-state index in [0.717, 1.165) is 28.7 Å². The number of ether oxygens (including phenoxy) is 1. The number of aliphatic hydroxyl groups excluding tert-OH is 2. The standard InChI is InChI=1S/C38H42O7/c39-29-14-4-25(5-15-29)2-1-3-35(43)34(23-11-27-8-18-31(41)19-9-27)37-36(44)24-33(22-10-26-6-16-30(40)17-7-26)45-38(37)28-12-20-32(42)21-13-28/h4-9,11-21,23,33-44H,1-3,10,22,24H2. The normalized spacial score (nSPS) is 21.5. The third-order valence-electron chi connectivity index (χ3n) is 8.74. The number of hydrogen-bond donors (Lipinski definition) is 6. The Morgan fingerprint density at radius 2 is 1.20 bits per heavy atom. The zero-order valence-corrected chi connectivity index (χ0v) is 25.2. The number of phenols is 4. The minimum Gasteiger partial charge on any atom is -0.508 e. The van der Waals surface area contributed by atoms with Gasteiger partial charge < -0.3 is 35.4 Å².